The molecule has 0 spiro atoms. The molecule has 0 aliphatic rings. The van der Waals surface area contributed by atoms with Crippen molar-refractivity contribution < 1.29 is 14.6 Å². The Morgan fingerprint density at radius 1 is 1.22 bits per heavy atom. The molecule has 1 unspecified atom stereocenters. The van der Waals surface area contributed by atoms with E-state index >= 15 is 0 Å². The van der Waals surface area contributed by atoms with Crippen LogP contribution in [0.25, 0.3) is 0 Å². The molecule has 122 valence electrons. The second kappa shape index (κ2) is 8.08. The molecular weight excluding hydrogens is 292 g/mol. The number of hydrogen-bond acceptors (Lipinski definition) is 3. The minimum Gasteiger partial charge on any atom is -0.508 e. The van der Waals surface area contributed by atoms with E-state index in [-0.39, 0.29) is 11.8 Å². The van der Waals surface area contributed by atoms with Crippen LogP contribution in [0.5, 0.6) is 11.5 Å². The van der Waals surface area contributed by atoms with Crippen molar-refractivity contribution in [2.24, 2.45) is 0 Å². The van der Waals surface area contributed by atoms with Gasteiger partial charge in [0.2, 0.25) is 0 Å². The Hall–Kier alpha value is -2.69. The van der Waals surface area contributed by atoms with E-state index in [1.807, 2.05) is 25.1 Å². The number of rotatable bonds is 6. The smallest absolute Gasteiger partial charge is 0.317 e. The molecule has 0 aromatic heterocycles. The summed E-state index contributed by atoms with van der Waals surface area (Å²) in [5, 5.41) is 14.7. The highest BCUT2D eigenvalue weighted by Crippen LogP contribution is 2.16. The van der Waals surface area contributed by atoms with Crippen molar-refractivity contribution in [3.8, 4) is 11.5 Å². The molecule has 0 aliphatic heterocycles. The average molecular weight is 314 g/mol. The Morgan fingerprint density at radius 3 is 2.65 bits per heavy atom. The van der Waals surface area contributed by atoms with Gasteiger partial charge in [-0.25, -0.2) is 4.79 Å². The molecule has 0 bridgehead atoms. The van der Waals surface area contributed by atoms with E-state index in [0.717, 1.165) is 6.42 Å². The van der Waals surface area contributed by atoms with Gasteiger partial charge in [0.05, 0.1) is 0 Å². The van der Waals surface area contributed by atoms with Crippen LogP contribution in [0.4, 0.5) is 4.79 Å². The number of aryl methyl sites for hydroxylation is 1. The van der Waals surface area contributed by atoms with Gasteiger partial charge in [0.15, 0.2) is 6.23 Å². The third-order valence-corrected chi connectivity index (χ3v) is 3.27. The monoisotopic (exact) mass is 314 g/mol. The van der Waals surface area contributed by atoms with Gasteiger partial charge in [0.25, 0.3) is 0 Å². The number of hydrogen-bond donors (Lipinski definition) is 3. The Labute approximate surface area is 136 Å². The van der Waals surface area contributed by atoms with E-state index in [2.05, 4.69) is 16.7 Å². The lowest BCUT2D eigenvalue weighted by atomic mass is 10.1. The molecule has 5 nitrogen and oxygen atoms in total. The van der Waals surface area contributed by atoms with Gasteiger partial charge >= 0.3 is 6.03 Å². The molecule has 2 amide bonds. The summed E-state index contributed by atoms with van der Waals surface area (Å²) in [5.74, 6) is 0.752. The van der Waals surface area contributed by atoms with E-state index in [9.17, 15) is 9.90 Å². The maximum Gasteiger partial charge on any atom is 0.317 e. The molecular formula is C18H22N2O3. The summed E-state index contributed by atoms with van der Waals surface area (Å²) in [6.07, 6.45) is 0.306. The van der Waals surface area contributed by atoms with Crippen molar-refractivity contribution in [3.05, 3.63) is 59.7 Å². The first-order chi connectivity index (χ1) is 11.0. The zero-order valence-electron chi connectivity index (χ0n) is 13.4. The number of benzene rings is 2. The molecule has 1 atom stereocenters. The molecule has 23 heavy (non-hydrogen) atoms. The predicted octanol–water partition coefficient (Wildman–Crippen LogP) is 2.97. The van der Waals surface area contributed by atoms with E-state index < -0.39 is 6.23 Å². The fourth-order valence-electron chi connectivity index (χ4n) is 2.18. The lowest BCUT2D eigenvalue weighted by Crippen LogP contribution is -2.43. The molecule has 0 saturated carbocycles. The molecule has 3 N–H and O–H groups in total. The minimum absolute atomic E-state index is 0.173. The zero-order chi connectivity index (χ0) is 16.7. The molecule has 0 radical (unpaired) electrons. The Balaban J connectivity index is 1.70. The largest absolute Gasteiger partial charge is 0.508 e. The number of carbonyl (C=O) groups excluding carboxylic acids is 1. The molecule has 2 rings (SSSR count). The molecule has 0 fully saturated rings. The Kier molecular flexibility index (Phi) is 5.86. The van der Waals surface area contributed by atoms with Crippen molar-refractivity contribution in [2.45, 2.75) is 26.5 Å². The van der Waals surface area contributed by atoms with Crippen molar-refractivity contribution in [1.82, 2.24) is 10.6 Å². The summed E-state index contributed by atoms with van der Waals surface area (Å²) in [6, 6.07) is 14.3. The van der Waals surface area contributed by atoms with E-state index in [1.165, 1.54) is 23.3 Å². The van der Waals surface area contributed by atoms with E-state index in [0.29, 0.717) is 12.3 Å². The average Bonchev–Trinajstić information content (AvgIpc) is 2.49. The van der Waals surface area contributed by atoms with Crippen LogP contribution in [0.3, 0.4) is 0 Å². The summed E-state index contributed by atoms with van der Waals surface area (Å²) in [7, 11) is 0. The number of phenolic OH excluding ortho intramolecular Hbond substituents is 1. The van der Waals surface area contributed by atoms with Crippen molar-refractivity contribution in [3.63, 3.8) is 0 Å². The van der Waals surface area contributed by atoms with Crippen LogP contribution < -0.4 is 15.4 Å². The van der Waals surface area contributed by atoms with Gasteiger partial charge in [-0.15, -0.1) is 0 Å². The Morgan fingerprint density at radius 2 is 1.96 bits per heavy atom. The first-order valence-electron chi connectivity index (χ1n) is 7.58. The van der Waals surface area contributed by atoms with Crippen LogP contribution in [0, 0.1) is 6.92 Å². The SMILES string of the molecule is Cc1cccc(CCNC(=O)NC(C)Oc2ccc(O)cc2)c1. The van der Waals surface area contributed by atoms with Crippen molar-refractivity contribution in [2.75, 3.05) is 6.54 Å². The van der Waals surface area contributed by atoms with Crippen LogP contribution in [0.2, 0.25) is 0 Å². The van der Waals surface area contributed by atoms with Crippen LogP contribution >= 0.6 is 0 Å². The highest BCUT2D eigenvalue weighted by atomic mass is 16.5. The highest BCUT2D eigenvalue weighted by molar-refractivity contribution is 5.74. The first kappa shape index (κ1) is 16.7. The van der Waals surface area contributed by atoms with Crippen molar-refractivity contribution in [1.29, 1.82) is 0 Å². The van der Waals surface area contributed by atoms with Crippen molar-refractivity contribution >= 4 is 6.03 Å². The predicted molar refractivity (Wildman–Crippen MR) is 89.6 cm³/mol. The van der Waals surface area contributed by atoms with Gasteiger partial charge in [-0.2, -0.15) is 0 Å². The zero-order valence-corrected chi connectivity index (χ0v) is 13.4. The molecule has 0 heterocycles. The van der Waals surface area contributed by atoms with Crippen LogP contribution in [0.15, 0.2) is 48.5 Å². The highest BCUT2D eigenvalue weighted by Gasteiger charge is 2.08. The van der Waals surface area contributed by atoms with Crippen LogP contribution in [-0.2, 0) is 6.42 Å². The van der Waals surface area contributed by atoms with Gasteiger partial charge < -0.3 is 20.5 Å². The first-order valence-corrected chi connectivity index (χ1v) is 7.58. The summed E-state index contributed by atoms with van der Waals surface area (Å²) >= 11 is 0. The minimum atomic E-state index is -0.474. The summed E-state index contributed by atoms with van der Waals surface area (Å²) in [6.45, 7) is 4.35. The van der Waals surface area contributed by atoms with Crippen LogP contribution in [-0.4, -0.2) is 23.9 Å². The number of phenols is 1. The van der Waals surface area contributed by atoms with Gasteiger partial charge in [-0.05, 0) is 50.1 Å². The Bertz CT molecular complexity index is 641. The van der Waals surface area contributed by atoms with E-state index in [1.54, 1.807) is 19.1 Å². The van der Waals surface area contributed by atoms with Gasteiger partial charge in [0, 0.05) is 6.54 Å². The summed E-state index contributed by atoms with van der Waals surface area (Å²) < 4.78 is 5.54. The fourth-order valence-corrected chi connectivity index (χ4v) is 2.18. The molecule has 0 saturated heterocycles. The standard InChI is InChI=1S/C18H22N2O3/c1-13-4-3-5-15(12-13)10-11-19-18(22)20-14(2)23-17-8-6-16(21)7-9-17/h3-9,12,14,21H,10-11H2,1-2H3,(H2,19,20,22). The van der Waals surface area contributed by atoms with Crippen LogP contribution in [0.1, 0.15) is 18.1 Å². The third-order valence-electron chi connectivity index (χ3n) is 3.27. The fraction of sp³-hybridized carbons (Fsp3) is 0.278. The number of nitrogens with one attached hydrogen (secondary N) is 2. The van der Waals surface area contributed by atoms with Gasteiger partial charge in [-0.3, -0.25) is 0 Å². The number of amides is 2. The van der Waals surface area contributed by atoms with E-state index in [4.69, 9.17) is 4.74 Å². The molecule has 5 heteroatoms. The second-order valence-corrected chi connectivity index (χ2v) is 5.39. The third kappa shape index (κ3) is 5.90. The summed E-state index contributed by atoms with van der Waals surface area (Å²) in [5.41, 5.74) is 2.40. The maximum absolute atomic E-state index is 11.8. The maximum atomic E-state index is 11.8. The lowest BCUT2D eigenvalue weighted by Gasteiger charge is -2.16. The lowest BCUT2D eigenvalue weighted by molar-refractivity contribution is 0.177. The topological polar surface area (TPSA) is 70.6 Å². The number of urea groups is 1. The van der Waals surface area contributed by atoms with Gasteiger partial charge in [0.1, 0.15) is 11.5 Å². The number of carbonyl (C=O) groups is 1. The summed E-state index contributed by atoms with van der Waals surface area (Å²) in [4.78, 5) is 11.8. The number of ether oxygens (including phenoxy) is 1. The number of aromatic hydroxyl groups is 1. The molecule has 2 aromatic carbocycles. The molecule has 0 aliphatic carbocycles. The molecule has 2 aromatic rings. The normalized spacial score (nSPS) is 11.6. The van der Waals surface area contributed by atoms with Gasteiger partial charge in [-0.1, -0.05) is 29.8 Å². The second-order valence-electron chi connectivity index (χ2n) is 5.39. The quantitative estimate of drug-likeness (QED) is 0.718.